The second-order valence-electron chi connectivity index (χ2n) is 6.29. The first-order valence-electron chi connectivity index (χ1n) is 8.54. The summed E-state index contributed by atoms with van der Waals surface area (Å²) in [5.74, 6) is 1.82. The van der Waals surface area contributed by atoms with Crippen molar-refractivity contribution >= 4 is 17.7 Å². The lowest BCUT2D eigenvalue weighted by Gasteiger charge is -2.30. The molecule has 4 nitrogen and oxygen atoms in total. The molecule has 1 saturated heterocycles. The first-order valence-corrected chi connectivity index (χ1v) is 9.59. The Kier molecular flexibility index (Phi) is 5.61. The molecule has 5 heteroatoms. The molecule has 1 aromatic heterocycles. The number of hydrogen-bond acceptors (Lipinski definition) is 4. The highest BCUT2D eigenvalue weighted by molar-refractivity contribution is 7.99. The molecule has 24 heavy (non-hydrogen) atoms. The molecule has 0 saturated carbocycles. The molecular weight excluding hydrogens is 320 g/mol. The lowest BCUT2D eigenvalue weighted by atomic mass is 10.1. The van der Waals surface area contributed by atoms with Crippen LogP contribution in [0.25, 0.3) is 0 Å². The third-order valence-electron chi connectivity index (χ3n) is 4.57. The number of amides is 1. The molecule has 2 heterocycles. The zero-order valence-electron chi connectivity index (χ0n) is 14.3. The smallest absolute Gasteiger partial charge is 0.240 e. The molecule has 0 radical (unpaired) electrons. The van der Waals surface area contributed by atoms with Crippen molar-refractivity contribution in [1.82, 2.24) is 10.1 Å². The lowest BCUT2D eigenvalue weighted by Crippen LogP contribution is -2.38. The molecule has 2 aromatic rings. The van der Waals surface area contributed by atoms with Crippen LogP contribution >= 0.6 is 11.8 Å². The molecular formula is C19H24N2O2S. The van der Waals surface area contributed by atoms with Gasteiger partial charge in [-0.2, -0.15) is 0 Å². The SMILES string of the molecule is Cc1noc(C)c1CSC(C(=O)N1CCCCC1)c1ccccc1. The van der Waals surface area contributed by atoms with Crippen molar-refractivity contribution in [2.45, 2.75) is 44.1 Å². The van der Waals surface area contributed by atoms with E-state index in [0.717, 1.165) is 54.3 Å². The summed E-state index contributed by atoms with van der Waals surface area (Å²) in [6, 6.07) is 10.1. The van der Waals surface area contributed by atoms with E-state index in [0.29, 0.717) is 0 Å². The average molecular weight is 344 g/mol. The van der Waals surface area contributed by atoms with Gasteiger partial charge < -0.3 is 9.42 Å². The number of carbonyl (C=O) groups excluding carboxylic acids is 1. The monoisotopic (exact) mass is 344 g/mol. The first kappa shape index (κ1) is 17.1. The zero-order chi connectivity index (χ0) is 16.9. The van der Waals surface area contributed by atoms with Crippen LogP contribution in [0.1, 0.15) is 47.1 Å². The fraction of sp³-hybridized carbons (Fsp3) is 0.474. The fourth-order valence-corrected chi connectivity index (χ4v) is 4.48. The molecule has 0 N–H and O–H groups in total. The van der Waals surface area contributed by atoms with Crippen LogP contribution in [0.5, 0.6) is 0 Å². The largest absolute Gasteiger partial charge is 0.361 e. The van der Waals surface area contributed by atoms with E-state index in [9.17, 15) is 4.79 Å². The van der Waals surface area contributed by atoms with E-state index in [-0.39, 0.29) is 11.2 Å². The van der Waals surface area contributed by atoms with Gasteiger partial charge >= 0.3 is 0 Å². The standard InChI is InChI=1S/C19H24N2O2S/c1-14-17(15(2)23-20-14)13-24-18(16-9-5-3-6-10-16)19(22)21-11-7-4-8-12-21/h3,5-6,9-10,18H,4,7-8,11-13H2,1-2H3. The van der Waals surface area contributed by atoms with Gasteiger partial charge in [-0.1, -0.05) is 35.5 Å². The van der Waals surface area contributed by atoms with E-state index in [1.54, 1.807) is 11.8 Å². The van der Waals surface area contributed by atoms with Gasteiger partial charge in [-0.25, -0.2) is 0 Å². The highest BCUT2D eigenvalue weighted by atomic mass is 32.2. The number of hydrogen-bond donors (Lipinski definition) is 0. The Morgan fingerprint density at radius 2 is 1.92 bits per heavy atom. The van der Waals surface area contributed by atoms with Gasteiger partial charge in [0.2, 0.25) is 5.91 Å². The Bertz CT molecular complexity index is 658. The number of thioether (sulfide) groups is 1. The second-order valence-corrected chi connectivity index (χ2v) is 7.38. The van der Waals surface area contributed by atoms with Crippen LogP contribution in [0.2, 0.25) is 0 Å². The molecule has 0 bridgehead atoms. The Balaban J connectivity index is 1.78. The van der Waals surface area contributed by atoms with Gasteiger partial charge in [0, 0.05) is 24.4 Å². The van der Waals surface area contributed by atoms with E-state index in [1.807, 2.05) is 49.1 Å². The molecule has 128 valence electrons. The summed E-state index contributed by atoms with van der Waals surface area (Å²) >= 11 is 1.67. The van der Waals surface area contributed by atoms with Gasteiger partial charge in [0.05, 0.1) is 5.69 Å². The minimum atomic E-state index is -0.169. The summed E-state index contributed by atoms with van der Waals surface area (Å²) in [5, 5.41) is 3.85. The van der Waals surface area contributed by atoms with Crippen LogP contribution in [0.3, 0.4) is 0 Å². The maximum atomic E-state index is 13.1. The van der Waals surface area contributed by atoms with Crippen LogP contribution in [0, 0.1) is 13.8 Å². The van der Waals surface area contributed by atoms with E-state index in [4.69, 9.17) is 4.52 Å². The number of carbonyl (C=O) groups is 1. The number of likely N-dealkylation sites (tertiary alicyclic amines) is 1. The molecule has 1 aliphatic rings. The van der Waals surface area contributed by atoms with E-state index < -0.39 is 0 Å². The molecule has 1 aromatic carbocycles. The second kappa shape index (κ2) is 7.88. The molecule has 1 aliphatic heterocycles. The number of rotatable bonds is 5. The zero-order valence-corrected chi connectivity index (χ0v) is 15.1. The third-order valence-corrected chi connectivity index (χ3v) is 5.83. The molecule has 1 unspecified atom stereocenters. The Hall–Kier alpha value is -1.75. The van der Waals surface area contributed by atoms with Gasteiger partial charge in [0.1, 0.15) is 11.0 Å². The maximum absolute atomic E-state index is 13.1. The summed E-state index contributed by atoms with van der Waals surface area (Å²) in [7, 11) is 0. The number of aromatic nitrogens is 1. The number of piperidine rings is 1. The number of benzene rings is 1. The molecule has 1 amide bonds. The van der Waals surface area contributed by atoms with Crippen LogP contribution < -0.4 is 0 Å². The van der Waals surface area contributed by atoms with Crippen LogP contribution in [-0.2, 0) is 10.5 Å². The highest BCUT2D eigenvalue weighted by Crippen LogP contribution is 2.35. The van der Waals surface area contributed by atoms with Crippen LogP contribution in [-0.4, -0.2) is 29.1 Å². The van der Waals surface area contributed by atoms with Crippen molar-refractivity contribution < 1.29 is 9.32 Å². The topological polar surface area (TPSA) is 46.3 Å². The van der Waals surface area contributed by atoms with Crippen molar-refractivity contribution in [1.29, 1.82) is 0 Å². The summed E-state index contributed by atoms with van der Waals surface area (Å²) < 4.78 is 5.25. The van der Waals surface area contributed by atoms with E-state index >= 15 is 0 Å². The predicted molar refractivity (Wildman–Crippen MR) is 96.9 cm³/mol. The average Bonchev–Trinajstić information content (AvgIpc) is 2.95. The van der Waals surface area contributed by atoms with Crippen molar-refractivity contribution in [3.05, 3.63) is 52.9 Å². The summed E-state index contributed by atoms with van der Waals surface area (Å²) in [6.45, 7) is 5.65. The fourth-order valence-electron chi connectivity index (χ4n) is 3.09. The van der Waals surface area contributed by atoms with E-state index in [1.165, 1.54) is 6.42 Å². The molecule has 0 spiro atoms. The Labute approximate surface area is 147 Å². The third kappa shape index (κ3) is 3.83. The Morgan fingerprint density at radius 3 is 2.54 bits per heavy atom. The summed E-state index contributed by atoms with van der Waals surface area (Å²) in [5.41, 5.74) is 3.09. The van der Waals surface area contributed by atoms with Gasteiger partial charge in [0.25, 0.3) is 0 Å². The van der Waals surface area contributed by atoms with Gasteiger partial charge in [0.15, 0.2) is 0 Å². The molecule has 1 atom stereocenters. The van der Waals surface area contributed by atoms with Crippen LogP contribution in [0.15, 0.2) is 34.9 Å². The number of nitrogens with zero attached hydrogens (tertiary/aromatic N) is 2. The minimum Gasteiger partial charge on any atom is -0.361 e. The van der Waals surface area contributed by atoms with Gasteiger partial charge in [-0.3, -0.25) is 4.79 Å². The normalized spacial score (nSPS) is 16.2. The highest BCUT2D eigenvalue weighted by Gasteiger charge is 2.28. The maximum Gasteiger partial charge on any atom is 0.240 e. The van der Waals surface area contributed by atoms with Crippen molar-refractivity contribution in [2.75, 3.05) is 13.1 Å². The minimum absolute atomic E-state index is 0.169. The summed E-state index contributed by atoms with van der Waals surface area (Å²) in [4.78, 5) is 15.1. The summed E-state index contributed by atoms with van der Waals surface area (Å²) in [6.07, 6.45) is 3.45. The molecule has 3 rings (SSSR count). The van der Waals surface area contributed by atoms with E-state index in [2.05, 4.69) is 5.16 Å². The predicted octanol–water partition coefficient (Wildman–Crippen LogP) is 4.28. The molecule has 0 aliphatic carbocycles. The van der Waals surface area contributed by atoms with Gasteiger partial charge in [-0.15, -0.1) is 11.8 Å². The van der Waals surface area contributed by atoms with Crippen molar-refractivity contribution in [3.8, 4) is 0 Å². The van der Waals surface area contributed by atoms with Gasteiger partial charge in [-0.05, 0) is 38.7 Å². The van der Waals surface area contributed by atoms with Crippen molar-refractivity contribution in [3.63, 3.8) is 0 Å². The van der Waals surface area contributed by atoms with Crippen LogP contribution in [0.4, 0.5) is 0 Å². The molecule has 1 fully saturated rings. The first-order chi connectivity index (χ1) is 11.7. The quantitative estimate of drug-likeness (QED) is 0.812. The lowest BCUT2D eigenvalue weighted by molar-refractivity contribution is -0.131. The number of aryl methyl sites for hydroxylation is 2. The Morgan fingerprint density at radius 1 is 1.21 bits per heavy atom. The van der Waals surface area contributed by atoms with Crippen molar-refractivity contribution in [2.24, 2.45) is 0 Å².